The fourth-order valence-electron chi connectivity index (χ4n) is 3.21. The van der Waals surface area contributed by atoms with Gasteiger partial charge in [-0.15, -0.1) is 0 Å². The van der Waals surface area contributed by atoms with Gasteiger partial charge in [-0.1, -0.05) is 30.3 Å². The standard InChI is InChI=1S/C22H21F3N4S/c1-14-6-2-3-9-16(14)21-17(22(23,24)25)12-13-19(28-21)29-30-20-11-5-10-18(27-20)26-15-7-4-8-15/h2-3,5-6,9-13,15H,4,7-8H2,1H3,(H,26,27)(H,28,29). The molecule has 156 valence electrons. The molecule has 1 aliphatic rings. The Morgan fingerprint density at radius 2 is 1.73 bits per heavy atom. The van der Waals surface area contributed by atoms with E-state index < -0.39 is 11.7 Å². The largest absolute Gasteiger partial charge is 0.418 e. The van der Waals surface area contributed by atoms with E-state index in [2.05, 4.69) is 20.0 Å². The first-order valence-electron chi connectivity index (χ1n) is 9.71. The van der Waals surface area contributed by atoms with Crippen molar-refractivity contribution in [3.05, 3.63) is 65.7 Å². The van der Waals surface area contributed by atoms with Gasteiger partial charge in [-0.05, 0) is 56.0 Å². The van der Waals surface area contributed by atoms with Crippen LogP contribution in [0.2, 0.25) is 0 Å². The molecule has 0 bridgehead atoms. The molecule has 0 aliphatic heterocycles. The van der Waals surface area contributed by atoms with Gasteiger partial charge in [0.25, 0.3) is 0 Å². The van der Waals surface area contributed by atoms with Crippen LogP contribution in [-0.4, -0.2) is 16.0 Å². The molecule has 1 saturated carbocycles. The van der Waals surface area contributed by atoms with E-state index in [-0.39, 0.29) is 5.69 Å². The van der Waals surface area contributed by atoms with E-state index in [0.717, 1.165) is 30.3 Å². The molecule has 1 aliphatic carbocycles. The molecule has 8 heteroatoms. The zero-order chi connectivity index (χ0) is 21.1. The van der Waals surface area contributed by atoms with Crippen LogP contribution >= 0.6 is 11.9 Å². The predicted octanol–water partition coefficient (Wildman–Crippen LogP) is 6.55. The van der Waals surface area contributed by atoms with Crippen LogP contribution in [0.15, 0.2) is 59.6 Å². The van der Waals surface area contributed by atoms with E-state index in [0.29, 0.717) is 22.4 Å². The SMILES string of the molecule is Cc1ccccc1-c1nc(NSc2cccc(NC3CCC3)n2)ccc1C(F)(F)F. The number of aromatic nitrogens is 2. The summed E-state index contributed by atoms with van der Waals surface area (Å²) in [5.74, 6) is 1.14. The van der Waals surface area contributed by atoms with Crippen molar-refractivity contribution < 1.29 is 13.2 Å². The van der Waals surface area contributed by atoms with Crippen molar-refractivity contribution in [3.8, 4) is 11.3 Å². The Balaban J connectivity index is 1.56. The van der Waals surface area contributed by atoms with Gasteiger partial charge < -0.3 is 10.0 Å². The number of rotatable bonds is 6. The third kappa shape index (κ3) is 4.70. The van der Waals surface area contributed by atoms with Crippen molar-refractivity contribution >= 4 is 23.6 Å². The third-order valence-electron chi connectivity index (χ3n) is 5.04. The smallest absolute Gasteiger partial charge is 0.367 e. The number of nitrogens with zero attached hydrogens (tertiary/aromatic N) is 2. The van der Waals surface area contributed by atoms with Crippen LogP contribution in [0.3, 0.4) is 0 Å². The lowest BCUT2D eigenvalue weighted by Crippen LogP contribution is -2.27. The van der Waals surface area contributed by atoms with Crippen molar-refractivity contribution in [2.24, 2.45) is 0 Å². The molecule has 2 aromatic heterocycles. The Morgan fingerprint density at radius 1 is 0.933 bits per heavy atom. The topological polar surface area (TPSA) is 49.8 Å². The highest BCUT2D eigenvalue weighted by Crippen LogP contribution is 2.38. The second-order valence-corrected chi connectivity index (χ2v) is 8.07. The number of benzene rings is 1. The Labute approximate surface area is 177 Å². The van der Waals surface area contributed by atoms with Crippen molar-refractivity contribution in [1.82, 2.24) is 9.97 Å². The molecule has 0 atom stereocenters. The van der Waals surface area contributed by atoms with Gasteiger partial charge in [0.2, 0.25) is 0 Å². The normalized spacial score (nSPS) is 14.3. The average Bonchev–Trinajstić information content (AvgIpc) is 2.69. The van der Waals surface area contributed by atoms with Gasteiger partial charge in [-0.2, -0.15) is 13.2 Å². The maximum absolute atomic E-state index is 13.5. The van der Waals surface area contributed by atoms with E-state index in [9.17, 15) is 13.2 Å². The molecule has 1 fully saturated rings. The third-order valence-corrected chi connectivity index (χ3v) is 5.79. The van der Waals surface area contributed by atoms with Crippen LogP contribution in [0.1, 0.15) is 30.4 Å². The minimum absolute atomic E-state index is 0.0837. The van der Waals surface area contributed by atoms with E-state index in [1.807, 2.05) is 18.2 Å². The number of anilines is 2. The van der Waals surface area contributed by atoms with Crippen LogP contribution in [0.25, 0.3) is 11.3 Å². The van der Waals surface area contributed by atoms with Gasteiger partial charge in [-0.3, -0.25) is 0 Å². The number of nitrogens with one attached hydrogen (secondary N) is 2. The van der Waals surface area contributed by atoms with E-state index in [1.54, 1.807) is 31.2 Å². The molecule has 3 aromatic rings. The van der Waals surface area contributed by atoms with Gasteiger partial charge in [0, 0.05) is 23.6 Å². The lowest BCUT2D eigenvalue weighted by molar-refractivity contribution is -0.137. The van der Waals surface area contributed by atoms with E-state index >= 15 is 0 Å². The first-order valence-corrected chi connectivity index (χ1v) is 10.5. The summed E-state index contributed by atoms with van der Waals surface area (Å²) in [6.45, 7) is 1.77. The summed E-state index contributed by atoms with van der Waals surface area (Å²) in [5.41, 5.74) is 0.358. The molecule has 1 aromatic carbocycles. The van der Waals surface area contributed by atoms with E-state index in [1.165, 1.54) is 24.4 Å². The molecular weight excluding hydrogens is 409 g/mol. The monoisotopic (exact) mass is 430 g/mol. The molecule has 2 heterocycles. The van der Waals surface area contributed by atoms with Crippen LogP contribution in [-0.2, 0) is 6.18 Å². The summed E-state index contributed by atoms with van der Waals surface area (Å²) in [7, 11) is 0. The molecular formula is C22H21F3N4S. The van der Waals surface area contributed by atoms with Gasteiger partial charge in [0.05, 0.1) is 11.3 Å². The van der Waals surface area contributed by atoms with Crippen LogP contribution in [0.4, 0.5) is 24.8 Å². The molecule has 0 radical (unpaired) electrons. The second-order valence-electron chi connectivity index (χ2n) is 7.24. The van der Waals surface area contributed by atoms with E-state index in [4.69, 9.17) is 0 Å². The van der Waals surface area contributed by atoms with Gasteiger partial charge in [0.15, 0.2) is 0 Å². The molecule has 4 rings (SSSR count). The quantitative estimate of drug-likeness (QED) is 0.434. The van der Waals surface area contributed by atoms with Crippen LogP contribution in [0.5, 0.6) is 0 Å². The maximum Gasteiger partial charge on any atom is 0.418 e. The molecule has 30 heavy (non-hydrogen) atoms. The highest BCUT2D eigenvalue weighted by Gasteiger charge is 2.35. The Hall–Kier alpha value is -2.74. The zero-order valence-corrected chi connectivity index (χ0v) is 17.1. The summed E-state index contributed by atoms with van der Waals surface area (Å²) in [6, 6.07) is 15.5. The van der Waals surface area contributed by atoms with Crippen LogP contribution < -0.4 is 10.0 Å². The molecule has 0 amide bonds. The molecule has 0 unspecified atom stereocenters. The number of halogens is 3. The average molecular weight is 430 g/mol. The lowest BCUT2D eigenvalue weighted by Gasteiger charge is -2.26. The Morgan fingerprint density at radius 3 is 2.43 bits per heavy atom. The fourth-order valence-corrected chi connectivity index (χ4v) is 3.82. The molecule has 0 saturated heterocycles. The zero-order valence-electron chi connectivity index (χ0n) is 16.3. The van der Waals surface area contributed by atoms with Crippen molar-refractivity contribution in [1.29, 1.82) is 0 Å². The number of pyridine rings is 2. The Kier molecular flexibility index (Phi) is 5.85. The summed E-state index contributed by atoms with van der Waals surface area (Å²) in [6.07, 6.45) is -0.960. The second kappa shape index (κ2) is 8.55. The van der Waals surface area contributed by atoms with Gasteiger partial charge in [-0.25, -0.2) is 9.97 Å². The first kappa shape index (κ1) is 20.5. The van der Waals surface area contributed by atoms with Gasteiger partial charge >= 0.3 is 6.18 Å². The number of aryl methyl sites for hydroxylation is 1. The Bertz CT molecular complexity index is 1030. The molecule has 2 N–H and O–H groups in total. The molecule has 4 nitrogen and oxygen atoms in total. The van der Waals surface area contributed by atoms with Crippen molar-refractivity contribution in [3.63, 3.8) is 0 Å². The minimum Gasteiger partial charge on any atom is -0.367 e. The summed E-state index contributed by atoms with van der Waals surface area (Å²) in [4.78, 5) is 8.83. The minimum atomic E-state index is -4.49. The highest BCUT2D eigenvalue weighted by molar-refractivity contribution is 8.00. The summed E-state index contributed by atoms with van der Waals surface area (Å²) < 4.78 is 43.7. The fraction of sp³-hybridized carbons (Fsp3) is 0.273. The van der Waals surface area contributed by atoms with Crippen molar-refractivity contribution in [2.45, 2.75) is 43.4 Å². The summed E-state index contributed by atoms with van der Waals surface area (Å²) >= 11 is 1.22. The highest BCUT2D eigenvalue weighted by atomic mass is 32.2. The lowest BCUT2D eigenvalue weighted by atomic mass is 9.93. The molecule has 0 spiro atoms. The summed E-state index contributed by atoms with van der Waals surface area (Å²) in [5, 5.41) is 4.09. The number of alkyl halides is 3. The number of hydrogen-bond donors (Lipinski definition) is 2. The van der Waals surface area contributed by atoms with Crippen molar-refractivity contribution in [2.75, 3.05) is 10.0 Å². The first-order chi connectivity index (χ1) is 14.4. The van der Waals surface area contributed by atoms with Crippen LogP contribution in [0, 0.1) is 6.92 Å². The maximum atomic E-state index is 13.5. The predicted molar refractivity (Wildman–Crippen MR) is 114 cm³/mol. The van der Waals surface area contributed by atoms with Gasteiger partial charge in [0.1, 0.15) is 16.7 Å². The number of hydrogen-bond acceptors (Lipinski definition) is 5.